The van der Waals surface area contributed by atoms with E-state index in [0.717, 1.165) is 108 Å². The summed E-state index contributed by atoms with van der Waals surface area (Å²) in [5.74, 6) is 0.101. The first-order chi connectivity index (χ1) is 39.3. The molecule has 0 heterocycles. The normalized spacial score (nSPS) is 15.1. The summed E-state index contributed by atoms with van der Waals surface area (Å²) in [6.07, 6.45) is 34.8. The maximum atomic E-state index is 13.0. The Labute approximate surface area is 498 Å². The van der Waals surface area contributed by atoms with E-state index in [4.69, 9.17) is 37.0 Å². The molecule has 17 nitrogen and oxygen atoms in total. The fourth-order valence-corrected chi connectivity index (χ4v) is 10.8. The van der Waals surface area contributed by atoms with Gasteiger partial charge in [-0.15, -0.1) is 0 Å². The number of phosphoric ester groups is 2. The Hall–Kier alpha value is -1.94. The van der Waals surface area contributed by atoms with Crippen molar-refractivity contribution in [2.24, 2.45) is 17.8 Å². The zero-order valence-corrected chi connectivity index (χ0v) is 54.7. The zero-order valence-electron chi connectivity index (χ0n) is 52.9. The Morgan fingerprint density at radius 1 is 0.354 bits per heavy atom. The van der Waals surface area contributed by atoms with Crippen LogP contribution >= 0.6 is 15.6 Å². The molecule has 3 N–H and O–H groups in total. The molecular weight excluding hydrogens is 1090 g/mol. The Balaban J connectivity index is 5.25. The second-order valence-corrected chi connectivity index (χ2v) is 26.7. The summed E-state index contributed by atoms with van der Waals surface area (Å²) in [7, 11) is -9.88. The summed E-state index contributed by atoms with van der Waals surface area (Å²) in [5, 5.41) is 10.5. The van der Waals surface area contributed by atoms with Crippen LogP contribution in [0.4, 0.5) is 0 Å². The van der Waals surface area contributed by atoms with Gasteiger partial charge >= 0.3 is 39.5 Å². The summed E-state index contributed by atoms with van der Waals surface area (Å²) in [5.41, 5.74) is 0. The summed E-state index contributed by atoms with van der Waals surface area (Å²) >= 11 is 0. The first-order valence-electron chi connectivity index (χ1n) is 32.9. The van der Waals surface area contributed by atoms with Crippen molar-refractivity contribution < 1.29 is 80.2 Å². The smallest absolute Gasteiger partial charge is 0.462 e. The van der Waals surface area contributed by atoms with Gasteiger partial charge in [-0.1, -0.05) is 254 Å². The molecular formula is C63H122O17P2. The van der Waals surface area contributed by atoms with Crippen molar-refractivity contribution in [3.05, 3.63) is 0 Å². The van der Waals surface area contributed by atoms with Gasteiger partial charge in [0.2, 0.25) is 0 Å². The van der Waals surface area contributed by atoms with Gasteiger partial charge in [-0.3, -0.25) is 37.3 Å². The molecule has 4 unspecified atom stereocenters. The molecule has 486 valence electrons. The number of carbonyl (C=O) groups is 4. The molecule has 0 bridgehead atoms. The molecule has 0 saturated carbocycles. The van der Waals surface area contributed by atoms with Crippen LogP contribution in [0.3, 0.4) is 0 Å². The molecule has 19 heteroatoms. The Bertz CT molecular complexity index is 1630. The largest absolute Gasteiger partial charge is 0.472 e. The van der Waals surface area contributed by atoms with E-state index < -0.39 is 97.5 Å². The molecule has 0 aliphatic carbocycles. The fourth-order valence-electron chi connectivity index (χ4n) is 9.24. The van der Waals surface area contributed by atoms with Gasteiger partial charge in [-0.2, -0.15) is 0 Å². The zero-order chi connectivity index (χ0) is 61.0. The Kier molecular flexibility index (Phi) is 53.2. The molecule has 0 spiro atoms. The summed E-state index contributed by atoms with van der Waals surface area (Å²) in [6, 6.07) is 0. The number of esters is 4. The minimum atomic E-state index is -4.94. The first-order valence-corrected chi connectivity index (χ1v) is 35.9. The van der Waals surface area contributed by atoms with Crippen LogP contribution < -0.4 is 0 Å². The van der Waals surface area contributed by atoms with Crippen molar-refractivity contribution in [2.75, 3.05) is 39.6 Å². The maximum absolute atomic E-state index is 13.0. The quantitative estimate of drug-likeness (QED) is 0.0222. The van der Waals surface area contributed by atoms with Gasteiger partial charge in [0.25, 0.3) is 0 Å². The molecule has 0 fully saturated rings. The lowest BCUT2D eigenvalue weighted by Gasteiger charge is -2.21. The lowest BCUT2D eigenvalue weighted by Crippen LogP contribution is -2.30. The standard InChI is InChI=1S/C63H122O17P2/c1-8-11-12-13-14-23-30-37-44-60(65)73-50-59(80-63(68)47-40-33-26-19-20-27-34-41-54(4)5)53-78-82(71,72)76-49-57(64)48-75-81(69,70)77-52-58(79-62(67)46-39-32-25-18-16-22-29-36-43-56(7)10-3)51-74-61(66)45-38-31-24-17-15-21-28-35-42-55(6)9-2/h54-59,64H,8-53H2,1-7H3,(H,69,70)(H,71,72)/t55?,56?,57-,58-,59-/m1/s1. The second kappa shape index (κ2) is 54.5. The summed E-state index contributed by atoms with van der Waals surface area (Å²) in [6.45, 7) is 11.7. The molecule has 82 heavy (non-hydrogen) atoms. The molecule has 7 atom stereocenters. The van der Waals surface area contributed by atoms with E-state index in [2.05, 4.69) is 48.5 Å². The highest BCUT2D eigenvalue weighted by Crippen LogP contribution is 2.45. The number of unbranched alkanes of at least 4 members (excludes halogenated alkanes) is 27. The van der Waals surface area contributed by atoms with Crippen LogP contribution in [0.5, 0.6) is 0 Å². The van der Waals surface area contributed by atoms with E-state index in [1.807, 2.05) is 0 Å². The van der Waals surface area contributed by atoms with Crippen molar-refractivity contribution in [3.8, 4) is 0 Å². The van der Waals surface area contributed by atoms with Crippen molar-refractivity contribution >= 4 is 39.5 Å². The molecule has 0 aromatic rings. The van der Waals surface area contributed by atoms with E-state index in [1.165, 1.54) is 109 Å². The van der Waals surface area contributed by atoms with E-state index in [1.54, 1.807) is 0 Å². The van der Waals surface area contributed by atoms with Gasteiger partial charge in [0.15, 0.2) is 12.2 Å². The molecule has 0 rings (SSSR count). The van der Waals surface area contributed by atoms with E-state index >= 15 is 0 Å². The average Bonchev–Trinajstić information content (AvgIpc) is 3.46. The second-order valence-electron chi connectivity index (χ2n) is 23.8. The third-order valence-electron chi connectivity index (χ3n) is 15.1. The number of aliphatic hydroxyl groups excluding tert-OH is 1. The lowest BCUT2D eigenvalue weighted by atomic mass is 9.99. The number of hydrogen-bond acceptors (Lipinski definition) is 15. The number of ether oxygens (including phenoxy) is 4. The molecule has 0 saturated heterocycles. The number of carbonyl (C=O) groups excluding carboxylic acids is 4. The maximum Gasteiger partial charge on any atom is 0.472 e. The van der Waals surface area contributed by atoms with Gasteiger partial charge in [0.05, 0.1) is 26.4 Å². The van der Waals surface area contributed by atoms with Crippen LogP contribution in [0.25, 0.3) is 0 Å². The third kappa shape index (κ3) is 54.7. The van der Waals surface area contributed by atoms with Crippen LogP contribution in [0.1, 0.15) is 305 Å². The van der Waals surface area contributed by atoms with Crippen LogP contribution in [0.2, 0.25) is 0 Å². The summed E-state index contributed by atoms with van der Waals surface area (Å²) < 4.78 is 67.9. The minimum absolute atomic E-state index is 0.103. The molecule has 0 aliphatic rings. The number of hydrogen-bond donors (Lipinski definition) is 3. The first kappa shape index (κ1) is 80.1. The topological polar surface area (TPSA) is 237 Å². The molecule has 0 aromatic heterocycles. The molecule has 0 aliphatic heterocycles. The van der Waals surface area contributed by atoms with Crippen molar-refractivity contribution in [1.82, 2.24) is 0 Å². The Morgan fingerprint density at radius 2 is 0.622 bits per heavy atom. The van der Waals surface area contributed by atoms with Crippen LogP contribution in [-0.4, -0.2) is 96.7 Å². The van der Waals surface area contributed by atoms with Crippen molar-refractivity contribution in [3.63, 3.8) is 0 Å². The van der Waals surface area contributed by atoms with Crippen LogP contribution in [0, 0.1) is 17.8 Å². The monoisotopic (exact) mass is 1210 g/mol. The van der Waals surface area contributed by atoms with Crippen LogP contribution in [0.15, 0.2) is 0 Å². The third-order valence-corrected chi connectivity index (χ3v) is 17.0. The minimum Gasteiger partial charge on any atom is -0.462 e. The molecule has 0 aromatic carbocycles. The van der Waals surface area contributed by atoms with Gasteiger partial charge in [0, 0.05) is 25.7 Å². The SMILES string of the molecule is CCCCCCCCCCC(=O)OC[C@H](COP(=O)(O)OC[C@H](O)COP(=O)(O)OC[C@@H](COC(=O)CCCCCCCCCCC(C)CC)OC(=O)CCCCCCCCCCC(C)CC)OC(=O)CCCCCCCCCC(C)C. The predicted molar refractivity (Wildman–Crippen MR) is 326 cm³/mol. The molecule has 0 radical (unpaired) electrons. The van der Waals surface area contributed by atoms with Crippen LogP contribution in [-0.2, 0) is 65.4 Å². The fraction of sp³-hybridized carbons (Fsp3) is 0.937. The van der Waals surface area contributed by atoms with Crippen molar-refractivity contribution in [2.45, 2.75) is 324 Å². The highest BCUT2D eigenvalue weighted by molar-refractivity contribution is 7.47. The predicted octanol–water partition coefficient (Wildman–Crippen LogP) is 17.1. The van der Waals surface area contributed by atoms with Gasteiger partial charge in [-0.05, 0) is 43.4 Å². The van der Waals surface area contributed by atoms with Gasteiger partial charge < -0.3 is 33.8 Å². The molecule has 0 amide bonds. The highest BCUT2D eigenvalue weighted by Gasteiger charge is 2.30. The van der Waals surface area contributed by atoms with Crippen molar-refractivity contribution in [1.29, 1.82) is 0 Å². The van der Waals surface area contributed by atoms with E-state index in [0.29, 0.717) is 31.6 Å². The summed E-state index contributed by atoms with van der Waals surface area (Å²) in [4.78, 5) is 72.1. The average molecular weight is 1210 g/mol. The van der Waals surface area contributed by atoms with Gasteiger partial charge in [-0.25, -0.2) is 9.13 Å². The highest BCUT2D eigenvalue weighted by atomic mass is 31.2. The van der Waals surface area contributed by atoms with Gasteiger partial charge in [0.1, 0.15) is 19.3 Å². The lowest BCUT2D eigenvalue weighted by molar-refractivity contribution is -0.161. The van der Waals surface area contributed by atoms with E-state index in [-0.39, 0.29) is 25.7 Å². The number of aliphatic hydroxyl groups is 1. The number of rotatable bonds is 61. The Morgan fingerprint density at radius 3 is 0.927 bits per heavy atom. The van der Waals surface area contributed by atoms with E-state index in [9.17, 15) is 43.2 Å². The number of phosphoric acid groups is 2.